The topological polar surface area (TPSA) is 87.7 Å². The molecule has 0 aliphatic carbocycles. The lowest BCUT2D eigenvalue weighted by Crippen LogP contribution is -2.31. The summed E-state index contributed by atoms with van der Waals surface area (Å²) in [5.41, 5.74) is 2.47. The first-order valence-electron chi connectivity index (χ1n) is 12.0. The number of aryl methyl sites for hydroxylation is 1. The Balaban J connectivity index is 1.11. The minimum atomic E-state index is -0.0943. The molecule has 8 heteroatoms. The van der Waals surface area contributed by atoms with Gasteiger partial charge in [-0.25, -0.2) is 0 Å². The van der Waals surface area contributed by atoms with Crippen molar-refractivity contribution in [1.29, 1.82) is 0 Å². The van der Waals surface area contributed by atoms with Crippen molar-refractivity contribution in [3.8, 4) is 5.75 Å². The molecule has 35 heavy (non-hydrogen) atoms. The molecule has 2 aromatic carbocycles. The zero-order valence-electron chi connectivity index (χ0n) is 19.8. The number of ether oxygens (including phenoxy) is 1. The van der Waals surface area contributed by atoms with E-state index in [-0.39, 0.29) is 23.8 Å². The van der Waals surface area contributed by atoms with E-state index in [1.165, 1.54) is 0 Å². The Morgan fingerprint density at radius 1 is 0.971 bits per heavy atom. The fraction of sp³-hybridized carbons (Fsp3) is 0.333. The van der Waals surface area contributed by atoms with E-state index >= 15 is 0 Å². The molecule has 0 spiro atoms. The third-order valence-corrected chi connectivity index (χ3v) is 6.67. The minimum absolute atomic E-state index is 0.00575. The highest BCUT2D eigenvalue weighted by atomic mass is 16.5. The van der Waals surface area contributed by atoms with E-state index in [9.17, 15) is 9.59 Å². The number of likely N-dealkylation sites (tertiary alicyclic amines) is 1. The van der Waals surface area contributed by atoms with Crippen molar-refractivity contribution in [2.24, 2.45) is 5.92 Å². The van der Waals surface area contributed by atoms with Gasteiger partial charge in [0.2, 0.25) is 5.91 Å². The van der Waals surface area contributed by atoms with E-state index in [0.717, 1.165) is 47.8 Å². The number of benzene rings is 2. The van der Waals surface area contributed by atoms with Crippen LogP contribution < -0.4 is 15.0 Å². The van der Waals surface area contributed by atoms with E-state index in [4.69, 9.17) is 4.74 Å². The Kier molecular flexibility index (Phi) is 6.61. The van der Waals surface area contributed by atoms with Gasteiger partial charge < -0.3 is 19.9 Å². The fourth-order valence-corrected chi connectivity index (χ4v) is 4.69. The lowest BCUT2D eigenvalue weighted by molar-refractivity contribution is -0.119. The van der Waals surface area contributed by atoms with Crippen LogP contribution in [0.4, 0.5) is 11.5 Å². The van der Waals surface area contributed by atoms with Gasteiger partial charge in [-0.15, -0.1) is 5.10 Å². The molecule has 3 heterocycles. The quantitative estimate of drug-likeness (QED) is 0.592. The van der Waals surface area contributed by atoms with Gasteiger partial charge in [0.05, 0.1) is 12.5 Å². The number of hydrogen-bond donors (Lipinski definition) is 1. The van der Waals surface area contributed by atoms with Gasteiger partial charge in [-0.2, -0.15) is 5.10 Å². The molecule has 2 amide bonds. The van der Waals surface area contributed by atoms with E-state index in [1.54, 1.807) is 6.20 Å². The summed E-state index contributed by atoms with van der Waals surface area (Å²) in [6.45, 7) is 4.62. The summed E-state index contributed by atoms with van der Waals surface area (Å²) >= 11 is 0. The SMILES string of the molecule is Cc1ccccc1C(=O)N1CC[C@@H](Oc2ccc(NC(=O)[C@H]3CCN(c4cccnn4)C3)cc2)C1. The maximum atomic E-state index is 12.8. The highest BCUT2D eigenvalue weighted by Gasteiger charge is 2.30. The van der Waals surface area contributed by atoms with Crippen LogP contribution in [-0.2, 0) is 4.79 Å². The van der Waals surface area contributed by atoms with Gasteiger partial charge in [0.1, 0.15) is 11.9 Å². The number of anilines is 2. The zero-order chi connectivity index (χ0) is 24.2. The summed E-state index contributed by atoms with van der Waals surface area (Å²) < 4.78 is 6.12. The Labute approximate surface area is 204 Å². The smallest absolute Gasteiger partial charge is 0.254 e. The van der Waals surface area contributed by atoms with Crippen LogP contribution >= 0.6 is 0 Å². The zero-order valence-corrected chi connectivity index (χ0v) is 19.8. The van der Waals surface area contributed by atoms with Crippen molar-refractivity contribution in [2.75, 3.05) is 36.4 Å². The highest BCUT2D eigenvalue weighted by Crippen LogP contribution is 2.25. The second kappa shape index (κ2) is 10.1. The van der Waals surface area contributed by atoms with Crippen LogP contribution in [0.2, 0.25) is 0 Å². The molecule has 2 saturated heterocycles. The first kappa shape index (κ1) is 22.8. The standard InChI is InChI=1S/C27H29N5O3/c1-19-5-2-3-6-24(19)27(34)32-16-13-23(18-32)35-22-10-8-21(9-11-22)29-26(33)20-12-15-31(17-20)25-7-4-14-28-30-25/h2-11,14,20,23H,12-13,15-18H2,1H3,(H,29,33)/t20-,23+/m0/s1. The van der Waals surface area contributed by atoms with Crippen molar-refractivity contribution < 1.29 is 14.3 Å². The molecule has 0 radical (unpaired) electrons. The summed E-state index contributed by atoms with van der Waals surface area (Å²) in [6, 6.07) is 18.9. The van der Waals surface area contributed by atoms with Gasteiger partial charge in [0, 0.05) is 43.5 Å². The van der Waals surface area contributed by atoms with Gasteiger partial charge >= 0.3 is 0 Å². The van der Waals surface area contributed by atoms with Crippen LogP contribution in [0, 0.1) is 12.8 Å². The summed E-state index contributed by atoms with van der Waals surface area (Å²) in [5, 5.41) is 11.1. The number of hydrogen-bond acceptors (Lipinski definition) is 6. The predicted molar refractivity (Wildman–Crippen MR) is 134 cm³/mol. The fourth-order valence-electron chi connectivity index (χ4n) is 4.69. The van der Waals surface area contributed by atoms with Crippen LogP contribution in [0.25, 0.3) is 0 Å². The van der Waals surface area contributed by atoms with E-state index in [0.29, 0.717) is 19.6 Å². The molecule has 2 aliphatic rings. The molecule has 2 aliphatic heterocycles. The van der Waals surface area contributed by atoms with Crippen LogP contribution in [0.3, 0.4) is 0 Å². The molecule has 0 bridgehead atoms. The molecule has 0 unspecified atom stereocenters. The number of carbonyl (C=O) groups excluding carboxylic acids is 2. The maximum Gasteiger partial charge on any atom is 0.254 e. The van der Waals surface area contributed by atoms with Crippen LogP contribution in [-0.4, -0.2) is 59.2 Å². The molecule has 5 rings (SSSR count). The number of aromatic nitrogens is 2. The Morgan fingerprint density at radius 3 is 2.57 bits per heavy atom. The highest BCUT2D eigenvalue weighted by molar-refractivity contribution is 5.96. The van der Waals surface area contributed by atoms with E-state index in [2.05, 4.69) is 20.4 Å². The number of nitrogens with zero attached hydrogens (tertiary/aromatic N) is 4. The molecular weight excluding hydrogens is 442 g/mol. The van der Waals surface area contributed by atoms with Crippen LogP contribution in [0.5, 0.6) is 5.75 Å². The number of carbonyl (C=O) groups is 2. The van der Waals surface area contributed by atoms with Gasteiger partial charge in [-0.1, -0.05) is 18.2 Å². The van der Waals surface area contributed by atoms with Crippen molar-refractivity contribution in [3.05, 3.63) is 78.0 Å². The Bertz CT molecular complexity index is 1180. The van der Waals surface area contributed by atoms with Crippen LogP contribution in [0.1, 0.15) is 28.8 Å². The summed E-state index contributed by atoms with van der Waals surface area (Å²) in [7, 11) is 0. The lowest BCUT2D eigenvalue weighted by Gasteiger charge is -2.18. The summed E-state index contributed by atoms with van der Waals surface area (Å²) in [4.78, 5) is 29.5. The largest absolute Gasteiger partial charge is 0.489 e. The Hall–Kier alpha value is -3.94. The molecule has 2 fully saturated rings. The van der Waals surface area contributed by atoms with Gasteiger partial charge in [0.25, 0.3) is 5.91 Å². The number of nitrogens with one attached hydrogen (secondary N) is 1. The first-order valence-corrected chi connectivity index (χ1v) is 12.0. The second-order valence-electron chi connectivity index (χ2n) is 9.12. The number of amides is 2. The van der Waals surface area contributed by atoms with Gasteiger partial charge in [0.15, 0.2) is 5.82 Å². The summed E-state index contributed by atoms with van der Waals surface area (Å²) in [6.07, 6.45) is 3.17. The monoisotopic (exact) mass is 471 g/mol. The molecule has 180 valence electrons. The van der Waals surface area contributed by atoms with Crippen molar-refractivity contribution >= 4 is 23.3 Å². The molecular formula is C27H29N5O3. The van der Waals surface area contributed by atoms with E-state index < -0.39 is 0 Å². The molecule has 8 nitrogen and oxygen atoms in total. The van der Waals surface area contributed by atoms with E-state index in [1.807, 2.05) is 72.5 Å². The molecule has 3 aromatic rings. The first-order chi connectivity index (χ1) is 17.1. The third-order valence-electron chi connectivity index (χ3n) is 6.67. The van der Waals surface area contributed by atoms with Crippen molar-refractivity contribution in [3.63, 3.8) is 0 Å². The predicted octanol–water partition coefficient (Wildman–Crippen LogP) is 3.54. The lowest BCUT2D eigenvalue weighted by atomic mass is 10.1. The third kappa shape index (κ3) is 5.26. The second-order valence-corrected chi connectivity index (χ2v) is 9.12. The molecule has 1 N–H and O–H groups in total. The minimum Gasteiger partial charge on any atom is -0.489 e. The average molecular weight is 472 g/mol. The maximum absolute atomic E-state index is 12.8. The van der Waals surface area contributed by atoms with Gasteiger partial charge in [-0.05, 0) is 61.4 Å². The average Bonchev–Trinajstić information content (AvgIpc) is 3.56. The van der Waals surface area contributed by atoms with Crippen LogP contribution in [0.15, 0.2) is 66.9 Å². The number of rotatable bonds is 6. The molecule has 1 aromatic heterocycles. The summed E-state index contributed by atoms with van der Waals surface area (Å²) in [5.74, 6) is 1.50. The molecule has 2 atom stereocenters. The van der Waals surface area contributed by atoms with Crippen molar-refractivity contribution in [1.82, 2.24) is 15.1 Å². The molecule has 0 saturated carbocycles. The van der Waals surface area contributed by atoms with Crippen molar-refractivity contribution in [2.45, 2.75) is 25.9 Å². The Morgan fingerprint density at radius 2 is 1.80 bits per heavy atom. The van der Waals surface area contributed by atoms with Gasteiger partial charge in [-0.3, -0.25) is 9.59 Å². The normalized spacial score (nSPS) is 19.6.